The highest BCUT2D eigenvalue weighted by Gasteiger charge is 2.15. The molecule has 2 heterocycles. The molecule has 0 aliphatic rings. The van der Waals surface area contributed by atoms with Gasteiger partial charge in [0.2, 0.25) is 0 Å². The molecule has 0 aliphatic carbocycles. The van der Waals surface area contributed by atoms with E-state index in [9.17, 15) is 4.79 Å². The lowest BCUT2D eigenvalue weighted by Crippen LogP contribution is -2.43. The fourth-order valence-electron chi connectivity index (χ4n) is 2.08. The SMILES string of the molecule is O=C(NNC(=S)Nc1ccc(Cl)cc1)c1sccc1OCc1ccncc1. The van der Waals surface area contributed by atoms with Gasteiger partial charge in [-0.15, -0.1) is 11.3 Å². The van der Waals surface area contributed by atoms with Crippen LogP contribution in [0.4, 0.5) is 5.69 Å². The van der Waals surface area contributed by atoms with Gasteiger partial charge in [0.15, 0.2) is 5.11 Å². The van der Waals surface area contributed by atoms with Gasteiger partial charge in [-0.25, -0.2) is 0 Å². The van der Waals surface area contributed by atoms with Crippen LogP contribution >= 0.6 is 35.2 Å². The van der Waals surface area contributed by atoms with Crippen molar-refractivity contribution >= 4 is 51.9 Å². The van der Waals surface area contributed by atoms with Gasteiger partial charge in [0, 0.05) is 23.1 Å². The molecule has 9 heteroatoms. The molecule has 0 unspecified atom stereocenters. The highest BCUT2D eigenvalue weighted by molar-refractivity contribution is 7.80. The van der Waals surface area contributed by atoms with Crippen molar-refractivity contribution in [2.45, 2.75) is 6.61 Å². The van der Waals surface area contributed by atoms with Crippen LogP contribution in [-0.4, -0.2) is 16.0 Å². The van der Waals surface area contributed by atoms with Crippen LogP contribution in [0.1, 0.15) is 15.2 Å². The minimum Gasteiger partial charge on any atom is -0.487 e. The zero-order valence-electron chi connectivity index (χ0n) is 13.9. The van der Waals surface area contributed by atoms with Gasteiger partial charge >= 0.3 is 0 Å². The summed E-state index contributed by atoms with van der Waals surface area (Å²) in [5.74, 6) is 0.169. The molecule has 0 saturated heterocycles. The minimum atomic E-state index is -0.338. The number of thiocarbonyl (C=S) groups is 1. The number of carbonyl (C=O) groups excluding carboxylic acids is 1. The third-order valence-corrected chi connectivity index (χ3v) is 4.72. The van der Waals surface area contributed by atoms with E-state index in [1.807, 2.05) is 12.1 Å². The number of thiophene rings is 1. The maximum Gasteiger partial charge on any atom is 0.283 e. The molecule has 0 radical (unpaired) electrons. The Hall–Kier alpha value is -2.68. The number of ether oxygens (including phenoxy) is 1. The van der Waals surface area contributed by atoms with E-state index < -0.39 is 0 Å². The molecular formula is C18H15ClN4O2S2. The van der Waals surface area contributed by atoms with Gasteiger partial charge in [-0.3, -0.25) is 20.6 Å². The van der Waals surface area contributed by atoms with Crippen molar-refractivity contribution in [1.29, 1.82) is 0 Å². The molecule has 0 saturated carbocycles. The van der Waals surface area contributed by atoms with E-state index in [2.05, 4.69) is 21.2 Å². The molecule has 0 aliphatic heterocycles. The van der Waals surface area contributed by atoms with E-state index in [-0.39, 0.29) is 11.0 Å². The number of hydrogen-bond acceptors (Lipinski definition) is 5. The summed E-state index contributed by atoms with van der Waals surface area (Å²) in [6, 6.07) is 12.5. The molecule has 1 aromatic carbocycles. The molecule has 0 fully saturated rings. The molecule has 2 aromatic heterocycles. The minimum absolute atomic E-state index is 0.251. The Labute approximate surface area is 170 Å². The number of nitrogens with zero attached hydrogens (tertiary/aromatic N) is 1. The summed E-state index contributed by atoms with van der Waals surface area (Å²) >= 11 is 12.3. The summed E-state index contributed by atoms with van der Waals surface area (Å²) in [6.45, 7) is 0.351. The predicted octanol–water partition coefficient (Wildman–Crippen LogP) is 4.01. The number of hydrazine groups is 1. The van der Waals surface area contributed by atoms with Crippen LogP contribution in [0, 0.1) is 0 Å². The predicted molar refractivity (Wildman–Crippen MR) is 111 cm³/mol. The number of nitrogens with one attached hydrogen (secondary N) is 3. The van der Waals surface area contributed by atoms with Gasteiger partial charge in [-0.2, -0.15) is 0 Å². The molecule has 3 aromatic rings. The molecule has 0 spiro atoms. The highest BCUT2D eigenvalue weighted by Crippen LogP contribution is 2.25. The van der Waals surface area contributed by atoms with E-state index in [0.29, 0.717) is 22.3 Å². The lowest BCUT2D eigenvalue weighted by atomic mass is 10.3. The van der Waals surface area contributed by atoms with Gasteiger partial charge in [-0.05, 0) is 65.6 Å². The van der Waals surface area contributed by atoms with Gasteiger partial charge in [-0.1, -0.05) is 11.6 Å². The molecule has 0 bridgehead atoms. The lowest BCUT2D eigenvalue weighted by Gasteiger charge is -2.12. The van der Waals surface area contributed by atoms with Gasteiger partial charge in [0.25, 0.3) is 5.91 Å². The first-order valence-corrected chi connectivity index (χ1v) is 9.50. The number of anilines is 1. The van der Waals surface area contributed by atoms with E-state index >= 15 is 0 Å². The van der Waals surface area contributed by atoms with Crippen LogP contribution in [0.2, 0.25) is 5.02 Å². The number of amides is 1. The van der Waals surface area contributed by atoms with E-state index in [1.165, 1.54) is 11.3 Å². The number of halogens is 1. The number of hydrogen-bond donors (Lipinski definition) is 3. The van der Waals surface area contributed by atoms with Crippen molar-refractivity contribution in [3.05, 3.63) is 75.7 Å². The maximum absolute atomic E-state index is 12.4. The monoisotopic (exact) mass is 418 g/mol. The molecule has 1 amide bonds. The maximum atomic E-state index is 12.4. The fraction of sp³-hybridized carbons (Fsp3) is 0.0556. The molecule has 138 valence electrons. The summed E-state index contributed by atoms with van der Waals surface area (Å²) in [5, 5.41) is 5.62. The summed E-state index contributed by atoms with van der Waals surface area (Å²) in [6.07, 6.45) is 3.39. The number of carbonyl (C=O) groups is 1. The third kappa shape index (κ3) is 5.65. The quantitative estimate of drug-likeness (QED) is 0.429. The van der Waals surface area contributed by atoms with Crippen LogP contribution < -0.4 is 20.9 Å². The van der Waals surface area contributed by atoms with Gasteiger partial charge in [0.05, 0.1) is 0 Å². The first-order chi connectivity index (χ1) is 13.1. The van der Waals surface area contributed by atoms with Crippen LogP contribution in [0.25, 0.3) is 0 Å². The second-order valence-corrected chi connectivity index (χ2v) is 7.06. The topological polar surface area (TPSA) is 75.3 Å². The van der Waals surface area contributed by atoms with Crippen molar-refractivity contribution in [3.63, 3.8) is 0 Å². The Morgan fingerprint density at radius 1 is 1.11 bits per heavy atom. The van der Waals surface area contributed by atoms with E-state index in [0.717, 1.165) is 11.3 Å². The second kappa shape index (κ2) is 9.31. The van der Waals surface area contributed by atoms with E-state index in [4.69, 9.17) is 28.6 Å². The molecular weight excluding hydrogens is 404 g/mol. The normalized spacial score (nSPS) is 10.1. The first-order valence-electron chi connectivity index (χ1n) is 7.84. The number of rotatable bonds is 5. The Bertz CT molecular complexity index is 917. The van der Waals surface area contributed by atoms with Gasteiger partial charge < -0.3 is 10.1 Å². The Kier molecular flexibility index (Phi) is 6.59. The summed E-state index contributed by atoms with van der Waals surface area (Å²) in [7, 11) is 0. The average molecular weight is 419 g/mol. The molecule has 3 rings (SSSR count). The number of pyridine rings is 1. The summed E-state index contributed by atoms with van der Waals surface area (Å²) < 4.78 is 5.73. The molecule has 0 atom stereocenters. The highest BCUT2D eigenvalue weighted by atomic mass is 35.5. The molecule has 27 heavy (non-hydrogen) atoms. The van der Waals surface area contributed by atoms with Crippen molar-refractivity contribution in [3.8, 4) is 5.75 Å². The summed E-state index contributed by atoms with van der Waals surface area (Å²) in [4.78, 5) is 16.8. The standard InChI is InChI=1S/C18H15ClN4O2S2/c19-13-1-3-14(4-2-13)21-18(26)23-22-17(24)16-15(7-10-27-16)25-11-12-5-8-20-9-6-12/h1-10H,11H2,(H,22,24)(H2,21,23,26). The van der Waals surface area contributed by atoms with Crippen molar-refractivity contribution in [2.75, 3.05) is 5.32 Å². The van der Waals surface area contributed by atoms with Crippen LogP contribution in [0.15, 0.2) is 60.2 Å². The lowest BCUT2D eigenvalue weighted by molar-refractivity contribution is 0.0944. The summed E-state index contributed by atoms with van der Waals surface area (Å²) in [5.41, 5.74) is 6.94. The largest absolute Gasteiger partial charge is 0.487 e. The van der Waals surface area contributed by atoms with Crippen molar-refractivity contribution in [1.82, 2.24) is 15.8 Å². The van der Waals surface area contributed by atoms with Crippen molar-refractivity contribution in [2.24, 2.45) is 0 Å². The van der Waals surface area contributed by atoms with Crippen LogP contribution in [0.5, 0.6) is 5.75 Å². The number of aromatic nitrogens is 1. The zero-order chi connectivity index (χ0) is 19.1. The number of benzene rings is 1. The smallest absolute Gasteiger partial charge is 0.283 e. The Balaban J connectivity index is 1.51. The molecule has 6 nitrogen and oxygen atoms in total. The fourth-order valence-corrected chi connectivity index (χ4v) is 3.11. The Morgan fingerprint density at radius 2 is 1.85 bits per heavy atom. The first kappa shape index (κ1) is 19.1. The van der Waals surface area contributed by atoms with Gasteiger partial charge in [0.1, 0.15) is 17.2 Å². The van der Waals surface area contributed by atoms with E-state index in [1.54, 1.807) is 48.1 Å². The zero-order valence-corrected chi connectivity index (χ0v) is 16.3. The van der Waals surface area contributed by atoms with Crippen LogP contribution in [-0.2, 0) is 6.61 Å². The van der Waals surface area contributed by atoms with Crippen molar-refractivity contribution < 1.29 is 9.53 Å². The second-order valence-electron chi connectivity index (χ2n) is 5.30. The van der Waals surface area contributed by atoms with Crippen LogP contribution in [0.3, 0.4) is 0 Å². The molecule has 3 N–H and O–H groups in total. The Morgan fingerprint density at radius 3 is 2.59 bits per heavy atom. The third-order valence-electron chi connectivity index (χ3n) is 3.37. The average Bonchev–Trinajstić information content (AvgIpc) is 3.16.